The van der Waals surface area contributed by atoms with Crippen molar-refractivity contribution in [1.29, 1.82) is 0 Å². The molecule has 2 nitrogen and oxygen atoms in total. The molecule has 3 rings (SSSR count). The first-order chi connectivity index (χ1) is 7.31. The molecule has 15 heavy (non-hydrogen) atoms. The Labute approximate surface area is 102 Å². The van der Waals surface area contributed by atoms with Gasteiger partial charge in [-0.3, -0.25) is 0 Å². The number of hydrogen-bond acceptors (Lipinski definition) is 3. The number of thiophene rings is 1. The van der Waals surface area contributed by atoms with E-state index in [1.165, 1.54) is 28.7 Å². The highest BCUT2D eigenvalue weighted by atomic mass is 79.9. The van der Waals surface area contributed by atoms with E-state index < -0.39 is 0 Å². The lowest BCUT2D eigenvalue weighted by molar-refractivity contribution is -0.0742. The monoisotopic (exact) mass is 287 g/mol. The molecule has 0 amide bonds. The third-order valence-electron chi connectivity index (χ3n) is 3.50. The molecular weight excluding hydrogens is 274 g/mol. The smallest absolute Gasteiger partial charge is 0.0667 e. The molecule has 2 aliphatic heterocycles. The van der Waals surface area contributed by atoms with Gasteiger partial charge in [0.15, 0.2) is 0 Å². The third kappa shape index (κ3) is 1.58. The topological polar surface area (TPSA) is 21.3 Å². The van der Waals surface area contributed by atoms with Gasteiger partial charge in [0.1, 0.15) is 0 Å². The minimum Gasteiger partial charge on any atom is -0.379 e. The van der Waals surface area contributed by atoms with Crippen molar-refractivity contribution in [3.63, 3.8) is 0 Å². The fourth-order valence-electron chi connectivity index (χ4n) is 2.57. The largest absolute Gasteiger partial charge is 0.379 e. The molecule has 0 saturated carbocycles. The average Bonchev–Trinajstić information content (AvgIpc) is 2.75. The summed E-state index contributed by atoms with van der Waals surface area (Å²) in [4.78, 5) is 1.47. The summed E-state index contributed by atoms with van der Waals surface area (Å²) in [6, 6.07) is 2.88. The highest BCUT2D eigenvalue weighted by Gasteiger charge is 2.48. The van der Waals surface area contributed by atoms with E-state index in [1.54, 1.807) is 0 Å². The molecule has 3 heterocycles. The molecule has 0 spiro atoms. The molecule has 2 fully saturated rings. The number of ether oxygens (including phenoxy) is 1. The Bertz CT molecular complexity index is 355. The van der Waals surface area contributed by atoms with Gasteiger partial charge in [-0.1, -0.05) is 0 Å². The molecule has 2 aliphatic rings. The molecule has 1 atom stereocenters. The second-order valence-electron chi connectivity index (χ2n) is 4.43. The molecular formula is C11H14BrNOS. The zero-order valence-electron chi connectivity index (χ0n) is 8.46. The molecule has 0 aromatic carbocycles. The highest BCUT2D eigenvalue weighted by molar-refractivity contribution is 9.10. The standard InChI is InChI=1S/C11H14BrNOS/c12-8-4-10(15-5-8)11(6-14-7-11)9-2-1-3-13-9/h4-5,9,13H,1-3,6-7H2. The van der Waals surface area contributed by atoms with Gasteiger partial charge in [0.25, 0.3) is 0 Å². The van der Waals surface area contributed by atoms with Gasteiger partial charge in [-0.2, -0.15) is 0 Å². The first kappa shape index (κ1) is 10.3. The molecule has 0 bridgehead atoms. The molecule has 0 aliphatic carbocycles. The predicted molar refractivity (Wildman–Crippen MR) is 65.5 cm³/mol. The van der Waals surface area contributed by atoms with E-state index in [4.69, 9.17) is 4.74 Å². The fraction of sp³-hybridized carbons (Fsp3) is 0.636. The summed E-state index contributed by atoms with van der Waals surface area (Å²) in [7, 11) is 0. The van der Waals surface area contributed by atoms with E-state index in [9.17, 15) is 0 Å². The van der Waals surface area contributed by atoms with Crippen LogP contribution in [0.15, 0.2) is 15.9 Å². The second-order valence-corrected chi connectivity index (χ2v) is 6.25. The van der Waals surface area contributed by atoms with Gasteiger partial charge in [0, 0.05) is 20.8 Å². The summed E-state index contributed by atoms with van der Waals surface area (Å²) in [5.41, 5.74) is 0.271. The van der Waals surface area contributed by atoms with Crippen LogP contribution in [0.25, 0.3) is 0 Å². The van der Waals surface area contributed by atoms with Gasteiger partial charge in [-0.05, 0) is 41.4 Å². The summed E-state index contributed by atoms with van der Waals surface area (Å²) >= 11 is 5.39. The van der Waals surface area contributed by atoms with E-state index in [2.05, 4.69) is 32.7 Å². The van der Waals surface area contributed by atoms with Crippen molar-refractivity contribution < 1.29 is 4.74 Å². The Morgan fingerprint density at radius 3 is 2.87 bits per heavy atom. The SMILES string of the molecule is Brc1csc(C2(C3CCCN3)COC2)c1. The molecule has 1 N–H and O–H groups in total. The first-order valence-electron chi connectivity index (χ1n) is 5.37. The normalized spacial score (nSPS) is 29.0. The van der Waals surface area contributed by atoms with Crippen LogP contribution in [0, 0.1) is 0 Å². The highest BCUT2D eigenvalue weighted by Crippen LogP contribution is 2.42. The zero-order chi connectivity index (χ0) is 10.3. The fourth-order valence-corrected chi connectivity index (χ4v) is 4.23. The molecule has 0 radical (unpaired) electrons. The minimum absolute atomic E-state index is 0.271. The number of rotatable bonds is 2. The van der Waals surface area contributed by atoms with Crippen molar-refractivity contribution in [2.45, 2.75) is 24.3 Å². The minimum atomic E-state index is 0.271. The zero-order valence-corrected chi connectivity index (χ0v) is 10.9. The second kappa shape index (κ2) is 3.84. The van der Waals surface area contributed by atoms with Crippen LogP contribution in [0.1, 0.15) is 17.7 Å². The maximum atomic E-state index is 5.47. The Kier molecular flexibility index (Phi) is 2.63. The van der Waals surface area contributed by atoms with Crippen molar-refractivity contribution in [2.75, 3.05) is 19.8 Å². The number of halogens is 1. The van der Waals surface area contributed by atoms with Gasteiger partial charge < -0.3 is 10.1 Å². The van der Waals surface area contributed by atoms with E-state index >= 15 is 0 Å². The van der Waals surface area contributed by atoms with Crippen LogP contribution in [-0.4, -0.2) is 25.8 Å². The lowest BCUT2D eigenvalue weighted by Gasteiger charge is -2.45. The van der Waals surface area contributed by atoms with Gasteiger partial charge >= 0.3 is 0 Å². The Balaban J connectivity index is 1.91. The van der Waals surface area contributed by atoms with Crippen molar-refractivity contribution in [1.82, 2.24) is 5.32 Å². The van der Waals surface area contributed by atoms with Crippen molar-refractivity contribution in [3.05, 3.63) is 20.8 Å². The van der Waals surface area contributed by atoms with Crippen LogP contribution in [0.4, 0.5) is 0 Å². The summed E-state index contributed by atoms with van der Waals surface area (Å²) in [6.45, 7) is 2.94. The summed E-state index contributed by atoms with van der Waals surface area (Å²) < 4.78 is 6.67. The van der Waals surface area contributed by atoms with Gasteiger partial charge in [-0.25, -0.2) is 0 Å². The molecule has 1 aromatic heterocycles. The van der Waals surface area contributed by atoms with Crippen LogP contribution < -0.4 is 5.32 Å². The van der Waals surface area contributed by atoms with E-state index in [0.717, 1.165) is 13.2 Å². The molecule has 2 saturated heterocycles. The van der Waals surface area contributed by atoms with Crippen LogP contribution in [-0.2, 0) is 10.2 Å². The molecule has 1 unspecified atom stereocenters. The molecule has 82 valence electrons. The van der Waals surface area contributed by atoms with Crippen molar-refractivity contribution in [3.8, 4) is 0 Å². The van der Waals surface area contributed by atoms with Gasteiger partial charge in [0.2, 0.25) is 0 Å². The van der Waals surface area contributed by atoms with E-state index in [1.807, 2.05) is 11.3 Å². The van der Waals surface area contributed by atoms with E-state index in [0.29, 0.717) is 6.04 Å². The third-order valence-corrected chi connectivity index (χ3v) is 5.42. The van der Waals surface area contributed by atoms with Crippen LogP contribution in [0.5, 0.6) is 0 Å². The van der Waals surface area contributed by atoms with Crippen LogP contribution in [0.2, 0.25) is 0 Å². The Morgan fingerprint density at radius 2 is 2.40 bits per heavy atom. The van der Waals surface area contributed by atoms with Gasteiger partial charge in [-0.15, -0.1) is 11.3 Å². The number of hydrogen-bond donors (Lipinski definition) is 1. The molecule has 1 aromatic rings. The predicted octanol–water partition coefficient (Wildman–Crippen LogP) is 2.53. The average molecular weight is 288 g/mol. The number of nitrogens with one attached hydrogen (secondary N) is 1. The van der Waals surface area contributed by atoms with Crippen molar-refractivity contribution >= 4 is 27.3 Å². The summed E-state index contributed by atoms with van der Waals surface area (Å²) in [5.74, 6) is 0. The summed E-state index contributed by atoms with van der Waals surface area (Å²) in [6.07, 6.45) is 2.60. The quantitative estimate of drug-likeness (QED) is 0.903. The molecule has 4 heteroatoms. The Hall–Kier alpha value is 0.1000. The maximum absolute atomic E-state index is 5.47. The van der Waals surface area contributed by atoms with Gasteiger partial charge in [0.05, 0.1) is 18.6 Å². The van der Waals surface area contributed by atoms with Crippen molar-refractivity contribution in [2.24, 2.45) is 0 Å². The Morgan fingerprint density at radius 1 is 1.53 bits per heavy atom. The lowest BCUT2D eigenvalue weighted by Crippen LogP contribution is -2.58. The van der Waals surface area contributed by atoms with E-state index in [-0.39, 0.29) is 5.41 Å². The van der Waals surface area contributed by atoms with Crippen LogP contribution >= 0.6 is 27.3 Å². The summed E-state index contributed by atoms with van der Waals surface area (Å²) in [5, 5.41) is 5.79. The lowest BCUT2D eigenvalue weighted by atomic mass is 9.76. The van der Waals surface area contributed by atoms with Crippen LogP contribution in [0.3, 0.4) is 0 Å². The maximum Gasteiger partial charge on any atom is 0.0667 e. The first-order valence-corrected chi connectivity index (χ1v) is 7.04.